The second-order valence-electron chi connectivity index (χ2n) is 5.50. The summed E-state index contributed by atoms with van der Waals surface area (Å²) in [4.78, 5) is 5.03. The van der Waals surface area contributed by atoms with E-state index in [4.69, 9.17) is 0 Å². The van der Waals surface area contributed by atoms with E-state index in [1.807, 2.05) is 7.05 Å². The molecule has 19 heavy (non-hydrogen) atoms. The number of benzene rings is 1. The third kappa shape index (κ3) is 3.71. The molecule has 1 aromatic carbocycles. The monoisotopic (exact) mass is 325 g/mol. The Hall–Kier alpha value is -0.580. The molecule has 0 radical (unpaired) electrons. The van der Waals surface area contributed by atoms with Crippen LogP contribution < -0.4 is 10.2 Å². The average molecular weight is 326 g/mol. The van der Waals surface area contributed by atoms with Gasteiger partial charge in [0.1, 0.15) is 0 Å². The molecule has 1 fully saturated rings. The Morgan fingerprint density at radius 2 is 2.16 bits per heavy atom. The Morgan fingerprint density at radius 3 is 2.84 bits per heavy atom. The van der Waals surface area contributed by atoms with Crippen LogP contribution in [0.5, 0.6) is 0 Å². The molecule has 2 atom stereocenters. The normalized spacial score (nSPS) is 24.7. The summed E-state index contributed by atoms with van der Waals surface area (Å²) in [6.07, 6.45) is 1.18. The molecule has 0 aliphatic carbocycles. The third-order valence-corrected chi connectivity index (χ3v) is 4.29. The summed E-state index contributed by atoms with van der Waals surface area (Å²) < 4.78 is 1.16. The third-order valence-electron chi connectivity index (χ3n) is 3.80. The zero-order valence-electron chi connectivity index (χ0n) is 12.1. The molecule has 1 aliphatic heterocycles. The van der Waals surface area contributed by atoms with Gasteiger partial charge >= 0.3 is 0 Å². The van der Waals surface area contributed by atoms with Gasteiger partial charge in [-0.3, -0.25) is 0 Å². The maximum atomic E-state index is 3.58. The van der Waals surface area contributed by atoms with Crippen molar-refractivity contribution in [1.82, 2.24) is 10.2 Å². The first-order valence-corrected chi connectivity index (χ1v) is 7.78. The van der Waals surface area contributed by atoms with Crippen molar-refractivity contribution >= 4 is 21.6 Å². The van der Waals surface area contributed by atoms with Crippen molar-refractivity contribution in [1.29, 1.82) is 0 Å². The van der Waals surface area contributed by atoms with Gasteiger partial charge in [0.05, 0.1) is 0 Å². The van der Waals surface area contributed by atoms with E-state index in [9.17, 15) is 0 Å². The smallest absolute Gasteiger partial charge is 0.0432 e. The van der Waals surface area contributed by atoms with Crippen LogP contribution in [0.15, 0.2) is 28.7 Å². The van der Waals surface area contributed by atoms with Gasteiger partial charge in [-0.25, -0.2) is 0 Å². The van der Waals surface area contributed by atoms with Gasteiger partial charge < -0.3 is 15.1 Å². The molecule has 2 unspecified atom stereocenters. The predicted molar refractivity (Wildman–Crippen MR) is 85.9 cm³/mol. The summed E-state index contributed by atoms with van der Waals surface area (Å²) in [5.74, 6) is 0. The standard InChI is InChI=1S/C15H24BrN3/c1-12-10-18(3)11-15(7-8-17-2)19(12)14-6-4-5-13(16)9-14/h4-6,9,12,15,17H,7-8,10-11H2,1-3H3. The van der Waals surface area contributed by atoms with E-state index < -0.39 is 0 Å². The van der Waals surface area contributed by atoms with Crippen molar-refractivity contribution in [2.75, 3.05) is 38.6 Å². The van der Waals surface area contributed by atoms with Gasteiger partial charge in [-0.15, -0.1) is 0 Å². The predicted octanol–water partition coefficient (Wildman–Crippen LogP) is 2.57. The first-order valence-electron chi connectivity index (χ1n) is 6.99. The quantitative estimate of drug-likeness (QED) is 0.917. The lowest BCUT2D eigenvalue weighted by molar-refractivity contribution is 0.226. The molecule has 1 aromatic rings. The highest BCUT2D eigenvalue weighted by atomic mass is 79.9. The number of nitrogens with one attached hydrogen (secondary N) is 1. The second-order valence-corrected chi connectivity index (χ2v) is 6.42. The summed E-state index contributed by atoms with van der Waals surface area (Å²) in [6.45, 7) is 5.65. The molecule has 0 amide bonds. The Labute approximate surface area is 125 Å². The van der Waals surface area contributed by atoms with E-state index >= 15 is 0 Å². The molecule has 0 saturated carbocycles. The van der Waals surface area contributed by atoms with Crippen molar-refractivity contribution in [2.45, 2.75) is 25.4 Å². The zero-order valence-corrected chi connectivity index (χ0v) is 13.7. The largest absolute Gasteiger partial charge is 0.363 e. The number of nitrogens with zero attached hydrogens (tertiary/aromatic N) is 2. The number of halogens is 1. The SMILES string of the molecule is CNCCC1CN(C)CC(C)N1c1cccc(Br)c1. The Bertz CT molecular complexity index is 410. The van der Waals surface area contributed by atoms with E-state index in [1.54, 1.807) is 0 Å². The average Bonchev–Trinajstić information content (AvgIpc) is 2.35. The lowest BCUT2D eigenvalue weighted by Crippen LogP contribution is -2.57. The van der Waals surface area contributed by atoms with Gasteiger partial charge in [-0.05, 0) is 52.2 Å². The summed E-state index contributed by atoms with van der Waals surface area (Å²) in [5, 5.41) is 3.27. The van der Waals surface area contributed by atoms with Gasteiger partial charge in [0.2, 0.25) is 0 Å². The summed E-state index contributed by atoms with van der Waals surface area (Å²) in [7, 11) is 4.25. The minimum absolute atomic E-state index is 0.551. The van der Waals surface area contributed by atoms with Crippen LogP contribution in [-0.4, -0.2) is 50.7 Å². The maximum absolute atomic E-state index is 3.58. The van der Waals surface area contributed by atoms with E-state index in [0.29, 0.717) is 12.1 Å². The Kier molecular flexibility index (Phi) is 5.25. The molecule has 1 saturated heterocycles. The summed E-state index contributed by atoms with van der Waals surface area (Å²) >= 11 is 3.58. The Morgan fingerprint density at radius 1 is 1.37 bits per heavy atom. The van der Waals surface area contributed by atoms with Crippen LogP contribution in [0.4, 0.5) is 5.69 Å². The van der Waals surface area contributed by atoms with Crippen LogP contribution in [0.25, 0.3) is 0 Å². The summed E-state index contributed by atoms with van der Waals surface area (Å²) in [5.41, 5.74) is 1.33. The van der Waals surface area contributed by atoms with Crippen LogP contribution in [0, 0.1) is 0 Å². The first-order chi connectivity index (χ1) is 9.11. The van der Waals surface area contributed by atoms with E-state index in [1.165, 1.54) is 12.1 Å². The molecule has 0 bridgehead atoms. The molecule has 0 spiro atoms. The molecule has 3 nitrogen and oxygen atoms in total. The molecule has 2 rings (SSSR count). The topological polar surface area (TPSA) is 18.5 Å². The maximum Gasteiger partial charge on any atom is 0.0432 e. The van der Waals surface area contributed by atoms with Crippen LogP contribution in [0.1, 0.15) is 13.3 Å². The van der Waals surface area contributed by atoms with Crippen LogP contribution >= 0.6 is 15.9 Å². The highest BCUT2D eigenvalue weighted by Gasteiger charge is 2.30. The lowest BCUT2D eigenvalue weighted by Gasteiger charge is -2.46. The minimum Gasteiger partial charge on any atom is -0.363 e. The molecule has 4 heteroatoms. The molecular weight excluding hydrogens is 302 g/mol. The van der Waals surface area contributed by atoms with Crippen molar-refractivity contribution in [3.63, 3.8) is 0 Å². The molecule has 0 aromatic heterocycles. The van der Waals surface area contributed by atoms with E-state index in [-0.39, 0.29) is 0 Å². The van der Waals surface area contributed by atoms with E-state index in [2.05, 4.69) is 69.3 Å². The first kappa shape index (κ1) is 14.8. The Balaban J connectivity index is 2.21. The molecule has 1 N–H and O–H groups in total. The fraction of sp³-hybridized carbons (Fsp3) is 0.600. The number of hydrogen-bond donors (Lipinski definition) is 1. The molecular formula is C15H24BrN3. The highest BCUT2D eigenvalue weighted by Crippen LogP contribution is 2.27. The van der Waals surface area contributed by atoms with Crippen molar-refractivity contribution in [3.8, 4) is 0 Å². The zero-order chi connectivity index (χ0) is 13.8. The van der Waals surface area contributed by atoms with Crippen LogP contribution in [-0.2, 0) is 0 Å². The molecule has 1 heterocycles. The van der Waals surface area contributed by atoms with Gasteiger partial charge in [0.15, 0.2) is 0 Å². The molecule has 106 valence electrons. The number of rotatable bonds is 4. The van der Waals surface area contributed by atoms with Gasteiger partial charge in [-0.1, -0.05) is 22.0 Å². The fourth-order valence-corrected chi connectivity index (χ4v) is 3.45. The summed E-state index contributed by atoms with van der Waals surface area (Å²) in [6, 6.07) is 9.80. The number of hydrogen-bond acceptors (Lipinski definition) is 3. The van der Waals surface area contributed by atoms with Crippen LogP contribution in [0.2, 0.25) is 0 Å². The van der Waals surface area contributed by atoms with Gasteiger partial charge in [0, 0.05) is 35.3 Å². The fourth-order valence-electron chi connectivity index (χ4n) is 3.06. The molecule has 1 aliphatic rings. The number of likely N-dealkylation sites (N-methyl/N-ethyl adjacent to an activating group) is 1. The minimum atomic E-state index is 0.551. The number of anilines is 1. The van der Waals surface area contributed by atoms with Crippen molar-refractivity contribution < 1.29 is 0 Å². The van der Waals surface area contributed by atoms with Crippen molar-refractivity contribution in [3.05, 3.63) is 28.7 Å². The highest BCUT2D eigenvalue weighted by molar-refractivity contribution is 9.10. The lowest BCUT2D eigenvalue weighted by atomic mass is 10.0. The van der Waals surface area contributed by atoms with Gasteiger partial charge in [0.25, 0.3) is 0 Å². The van der Waals surface area contributed by atoms with E-state index in [0.717, 1.165) is 24.1 Å². The van der Waals surface area contributed by atoms with Crippen LogP contribution in [0.3, 0.4) is 0 Å². The van der Waals surface area contributed by atoms with Crippen molar-refractivity contribution in [2.24, 2.45) is 0 Å². The second kappa shape index (κ2) is 6.73. The number of piperazine rings is 1. The van der Waals surface area contributed by atoms with Gasteiger partial charge in [-0.2, -0.15) is 0 Å².